The van der Waals surface area contributed by atoms with Gasteiger partial charge in [-0.3, -0.25) is 4.79 Å². The number of ether oxygens (including phenoxy) is 1. The number of benzene rings is 3. The highest BCUT2D eigenvalue weighted by Crippen LogP contribution is 2.33. The normalized spacial score (nSPS) is 11.1. The lowest BCUT2D eigenvalue weighted by Crippen LogP contribution is -2.22. The summed E-state index contributed by atoms with van der Waals surface area (Å²) in [4.78, 5) is 12.4. The topological polar surface area (TPSA) is 84.5 Å². The van der Waals surface area contributed by atoms with Gasteiger partial charge in [-0.05, 0) is 62.4 Å². The van der Waals surface area contributed by atoms with Crippen LogP contribution in [0.2, 0.25) is 5.02 Å². The Bertz CT molecular complexity index is 1160. The van der Waals surface area contributed by atoms with Crippen LogP contribution in [0.25, 0.3) is 0 Å². The van der Waals surface area contributed by atoms with Crippen LogP contribution in [-0.2, 0) is 14.6 Å². The summed E-state index contributed by atoms with van der Waals surface area (Å²) in [5.74, 6) is 0.420. The summed E-state index contributed by atoms with van der Waals surface area (Å²) in [5.41, 5.74) is 1.94. The molecule has 2 N–H and O–H groups in total. The second-order valence-electron chi connectivity index (χ2n) is 6.79. The first-order valence-corrected chi connectivity index (χ1v) is 11.5. The molecule has 0 saturated carbocycles. The molecular formula is C23H23ClN2O4S. The summed E-state index contributed by atoms with van der Waals surface area (Å²) >= 11 is 6.38. The van der Waals surface area contributed by atoms with E-state index >= 15 is 0 Å². The molecule has 0 unspecified atom stereocenters. The smallest absolute Gasteiger partial charge is 0.243 e. The van der Waals surface area contributed by atoms with Gasteiger partial charge in [0, 0.05) is 5.69 Å². The molecule has 0 aliphatic heterocycles. The first-order chi connectivity index (χ1) is 14.8. The summed E-state index contributed by atoms with van der Waals surface area (Å²) in [6.07, 6.45) is 0. The molecule has 0 bridgehead atoms. The van der Waals surface area contributed by atoms with Gasteiger partial charge in [-0.1, -0.05) is 35.4 Å². The van der Waals surface area contributed by atoms with Crippen molar-refractivity contribution in [1.82, 2.24) is 0 Å². The van der Waals surface area contributed by atoms with Gasteiger partial charge in [-0.15, -0.1) is 0 Å². The minimum atomic E-state index is -3.79. The number of hydrogen-bond donors (Lipinski definition) is 2. The molecular weight excluding hydrogens is 436 g/mol. The number of carbonyl (C=O) groups is 1. The Morgan fingerprint density at radius 3 is 2.32 bits per heavy atom. The fourth-order valence-corrected chi connectivity index (χ4v) is 4.73. The Morgan fingerprint density at radius 2 is 1.68 bits per heavy atom. The molecule has 0 heterocycles. The number of sulfone groups is 1. The maximum atomic E-state index is 13.0. The van der Waals surface area contributed by atoms with E-state index in [1.54, 1.807) is 60.7 Å². The van der Waals surface area contributed by atoms with E-state index in [2.05, 4.69) is 10.6 Å². The van der Waals surface area contributed by atoms with Crippen LogP contribution in [0.15, 0.2) is 76.5 Å². The number of halogens is 1. The number of hydrogen-bond acceptors (Lipinski definition) is 5. The van der Waals surface area contributed by atoms with E-state index < -0.39 is 9.84 Å². The van der Waals surface area contributed by atoms with Crippen LogP contribution >= 0.6 is 11.6 Å². The summed E-state index contributed by atoms with van der Waals surface area (Å²) in [6, 6.07) is 18.2. The SMILES string of the molecule is CCOc1ccc(NC(=O)CNc2cccc(S(=O)(=O)c3ccc(C)cc3)c2Cl)cc1. The average molecular weight is 459 g/mol. The van der Waals surface area contributed by atoms with Gasteiger partial charge in [-0.2, -0.15) is 0 Å². The predicted octanol–water partition coefficient (Wildman–Crippen LogP) is 4.93. The molecule has 0 aliphatic rings. The number of nitrogens with one attached hydrogen (secondary N) is 2. The number of aryl methyl sites for hydroxylation is 1. The van der Waals surface area contributed by atoms with Crippen LogP contribution in [-0.4, -0.2) is 27.5 Å². The molecule has 31 heavy (non-hydrogen) atoms. The van der Waals surface area contributed by atoms with Crippen LogP contribution < -0.4 is 15.4 Å². The number of amides is 1. The average Bonchev–Trinajstić information content (AvgIpc) is 2.75. The van der Waals surface area contributed by atoms with Crippen LogP contribution in [0.4, 0.5) is 11.4 Å². The lowest BCUT2D eigenvalue weighted by molar-refractivity contribution is -0.114. The molecule has 3 aromatic rings. The highest BCUT2D eigenvalue weighted by molar-refractivity contribution is 7.91. The Balaban J connectivity index is 1.70. The third-order valence-corrected chi connectivity index (χ3v) is 6.80. The maximum Gasteiger partial charge on any atom is 0.243 e. The van der Waals surface area contributed by atoms with Crippen molar-refractivity contribution in [2.75, 3.05) is 23.8 Å². The lowest BCUT2D eigenvalue weighted by atomic mass is 10.2. The molecule has 0 radical (unpaired) electrons. The fraction of sp³-hybridized carbons (Fsp3) is 0.174. The Morgan fingerprint density at radius 1 is 1.00 bits per heavy atom. The largest absolute Gasteiger partial charge is 0.494 e. The van der Waals surface area contributed by atoms with E-state index in [-0.39, 0.29) is 27.3 Å². The van der Waals surface area contributed by atoms with Crippen LogP contribution in [0, 0.1) is 6.92 Å². The van der Waals surface area contributed by atoms with Gasteiger partial charge >= 0.3 is 0 Å². The highest BCUT2D eigenvalue weighted by Gasteiger charge is 2.22. The van der Waals surface area contributed by atoms with E-state index in [0.717, 1.165) is 11.3 Å². The van der Waals surface area contributed by atoms with Crippen LogP contribution in [0.3, 0.4) is 0 Å². The molecule has 0 atom stereocenters. The van der Waals surface area contributed by atoms with Gasteiger partial charge in [0.1, 0.15) is 5.75 Å². The molecule has 0 saturated heterocycles. The van der Waals surface area contributed by atoms with Gasteiger partial charge in [0.05, 0.1) is 33.7 Å². The predicted molar refractivity (Wildman–Crippen MR) is 123 cm³/mol. The third kappa shape index (κ3) is 5.57. The molecule has 8 heteroatoms. The van der Waals surface area contributed by atoms with Crippen molar-refractivity contribution < 1.29 is 17.9 Å². The zero-order valence-electron chi connectivity index (χ0n) is 17.2. The minimum Gasteiger partial charge on any atom is -0.494 e. The first-order valence-electron chi connectivity index (χ1n) is 9.68. The molecule has 162 valence electrons. The second-order valence-corrected chi connectivity index (χ2v) is 9.09. The van der Waals surface area contributed by atoms with E-state index in [9.17, 15) is 13.2 Å². The minimum absolute atomic E-state index is 0.0186. The van der Waals surface area contributed by atoms with Crippen molar-refractivity contribution in [2.45, 2.75) is 23.6 Å². The van der Waals surface area contributed by atoms with Gasteiger partial charge < -0.3 is 15.4 Å². The zero-order chi connectivity index (χ0) is 22.4. The Labute approximate surface area is 187 Å². The van der Waals surface area contributed by atoms with Gasteiger partial charge in [0.25, 0.3) is 0 Å². The van der Waals surface area contributed by atoms with E-state index in [4.69, 9.17) is 16.3 Å². The summed E-state index contributed by atoms with van der Waals surface area (Å²) in [7, 11) is -3.79. The lowest BCUT2D eigenvalue weighted by Gasteiger charge is -2.13. The van der Waals surface area contributed by atoms with Gasteiger partial charge in [0.2, 0.25) is 15.7 Å². The quantitative estimate of drug-likeness (QED) is 0.500. The number of carbonyl (C=O) groups excluding carboxylic acids is 1. The van der Waals surface area contributed by atoms with Crippen molar-refractivity contribution in [3.63, 3.8) is 0 Å². The van der Waals surface area contributed by atoms with Gasteiger partial charge in [-0.25, -0.2) is 8.42 Å². The molecule has 6 nitrogen and oxygen atoms in total. The number of rotatable bonds is 8. The molecule has 0 fully saturated rings. The first kappa shape index (κ1) is 22.7. The van der Waals surface area contributed by atoms with Crippen molar-refractivity contribution in [3.8, 4) is 5.75 Å². The van der Waals surface area contributed by atoms with Crippen LogP contribution in [0.1, 0.15) is 12.5 Å². The summed E-state index contributed by atoms with van der Waals surface area (Å²) in [6.45, 7) is 4.26. The molecule has 0 spiro atoms. The molecule has 3 aromatic carbocycles. The summed E-state index contributed by atoms with van der Waals surface area (Å²) < 4.78 is 31.3. The highest BCUT2D eigenvalue weighted by atomic mass is 35.5. The van der Waals surface area contributed by atoms with Crippen molar-refractivity contribution in [3.05, 3.63) is 77.3 Å². The molecule has 3 rings (SSSR count). The number of anilines is 2. The van der Waals surface area contributed by atoms with Gasteiger partial charge in [0.15, 0.2) is 0 Å². The van der Waals surface area contributed by atoms with Crippen LogP contribution in [0.5, 0.6) is 5.75 Å². The maximum absolute atomic E-state index is 13.0. The van der Waals surface area contributed by atoms with Crippen molar-refractivity contribution >= 4 is 38.7 Å². The standard InChI is InChI=1S/C23H23ClN2O4S/c1-3-30-18-11-9-17(10-12-18)26-22(27)15-25-20-5-4-6-21(23(20)24)31(28,29)19-13-7-16(2)8-14-19/h4-14,25H,3,15H2,1-2H3,(H,26,27). The van der Waals surface area contributed by atoms with E-state index in [1.165, 1.54) is 6.07 Å². The molecule has 1 amide bonds. The molecule has 0 aliphatic carbocycles. The third-order valence-electron chi connectivity index (χ3n) is 4.47. The van der Waals surface area contributed by atoms with E-state index in [1.807, 2.05) is 13.8 Å². The molecule has 0 aromatic heterocycles. The van der Waals surface area contributed by atoms with Crippen molar-refractivity contribution in [1.29, 1.82) is 0 Å². The van der Waals surface area contributed by atoms with Crippen molar-refractivity contribution in [2.24, 2.45) is 0 Å². The summed E-state index contributed by atoms with van der Waals surface area (Å²) in [5, 5.41) is 5.70. The Hall–Kier alpha value is -3.03. The van der Waals surface area contributed by atoms with E-state index in [0.29, 0.717) is 18.0 Å². The second kappa shape index (κ2) is 9.85. The fourth-order valence-electron chi connectivity index (χ4n) is 2.88. The zero-order valence-corrected chi connectivity index (χ0v) is 18.8. The Kier molecular flexibility index (Phi) is 7.20. The monoisotopic (exact) mass is 458 g/mol.